The quantitative estimate of drug-likeness (QED) is 0.765. The van der Waals surface area contributed by atoms with Gasteiger partial charge in [-0.2, -0.15) is 0 Å². The minimum absolute atomic E-state index is 0.0810. The first-order valence-corrected chi connectivity index (χ1v) is 8.64. The number of thiophene rings is 1. The number of carbonyl (C=O) groups is 1. The average Bonchev–Trinajstić information content (AvgIpc) is 2.98. The van der Waals surface area contributed by atoms with Crippen molar-refractivity contribution < 1.29 is 4.79 Å². The molecule has 0 bridgehead atoms. The van der Waals surface area contributed by atoms with Crippen molar-refractivity contribution in [2.45, 2.75) is 33.4 Å². The van der Waals surface area contributed by atoms with Gasteiger partial charge in [-0.05, 0) is 55.5 Å². The second-order valence-corrected chi connectivity index (χ2v) is 6.86. The van der Waals surface area contributed by atoms with Gasteiger partial charge in [0.05, 0.1) is 6.54 Å². The monoisotopic (exact) mass is 328 g/mol. The van der Waals surface area contributed by atoms with Crippen molar-refractivity contribution in [1.82, 2.24) is 4.90 Å². The molecule has 23 heavy (non-hydrogen) atoms. The maximum Gasteiger partial charge on any atom is 0.245 e. The molecule has 2 rings (SSSR count). The lowest BCUT2D eigenvalue weighted by Crippen LogP contribution is -2.41. The fourth-order valence-corrected chi connectivity index (χ4v) is 3.34. The molecule has 4 heteroatoms. The number of nitrogens with zero attached hydrogens (tertiary/aromatic N) is 1. The lowest BCUT2D eigenvalue weighted by Gasteiger charge is -2.25. The molecule has 3 nitrogen and oxygen atoms in total. The normalized spacial score (nSPS) is 11.8. The second kappa shape index (κ2) is 7.97. The highest BCUT2D eigenvalue weighted by Gasteiger charge is 2.20. The molecule has 1 atom stereocenters. The summed E-state index contributed by atoms with van der Waals surface area (Å²) in [5.41, 5.74) is 3.36. The standard InChI is InChI=1S/C19H24N2OS/c1-5-8-21(13-18-7-6-9-23-18)19(22)16(4)20-17-11-14(2)10-15(3)12-17/h5-7,9-12,16,20H,1,8,13H2,2-4H3. The molecule has 1 unspecified atom stereocenters. The van der Waals surface area contributed by atoms with Gasteiger partial charge in [-0.15, -0.1) is 17.9 Å². The van der Waals surface area contributed by atoms with Gasteiger partial charge < -0.3 is 10.2 Å². The molecule has 122 valence electrons. The third kappa shape index (κ3) is 4.96. The summed E-state index contributed by atoms with van der Waals surface area (Å²) in [7, 11) is 0. The van der Waals surface area contributed by atoms with Crippen molar-refractivity contribution in [3.05, 3.63) is 64.4 Å². The zero-order valence-corrected chi connectivity index (χ0v) is 14.8. The van der Waals surface area contributed by atoms with E-state index >= 15 is 0 Å². The summed E-state index contributed by atoms with van der Waals surface area (Å²) in [4.78, 5) is 15.8. The van der Waals surface area contributed by atoms with Crippen LogP contribution in [0, 0.1) is 13.8 Å². The lowest BCUT2D eigenvalue weighted by molar-refractivity contribution is -0.131. The molecule has 1 amide bonds. The largest absolute Gasteiger partial charge is 0.374 e. The van der Waals surface area contributed by atoms with Crippen LogP contribution in [0.4, 0.5) is 5.69 Å². The van der Waals surface area contributed by atoms with Crippen LogP contribution in [0.3, 0.4) is 0 Å². The van der Waals surface area contributed by atoms with Crippen molar-refractivity contribution in [1.29, 1.82) is 0 Å². The summed E-state index contributed by atoms with van der Waals surface area (Å²) in [6, 6.07) is 10.0. The van der Waals surface area contributed by atoms with Gasteiger partial charge in [0.1, 0.15) is 6.04 Å². The Morgan fingerprint density at radius 1 is 1.35 bits per heavy atom. The first-order chi connectivity index (χ1) is 11.0. The molecule has 1 heterocycles. The number of amides is 1. The van der Waals surface area contributed by atoms with Crippen molar-refractivity contribution in [2.75, 3.05) is 11.9 Å². The molecule has 0 aliphatic rings. The summed E-state index contributed by atoms with van der Waals surface area (Å²) < 4.78 is 0. The number of anilines is 1. The highest BCUT2D eigenvalue weighted by molar-refractivity contribution is 7.09. The van der Waals surface area contributed by atoms with Crippen LogP contribution in [-0.2, 0) is 11.3 Å². The van der Waals surface area contributed by atoms with Gasteiger partial charge in [0, 0.05) is 17.1 Å². The molecule has 0 saturated carbocycles. The topological polar surface area (TPSA) is 32.3 Å². The minimum Gasteiger partial charge on any atom is -0.374 e. The minimum atomic E-state index is -0.281. The van der Waals surface area contributed by atoms with E-state index in [2.05, 4.69) is 50.0 Å². The SMILES string of the molecule is C=CCN(Cc1cccs1)C(=O)C(C)Nc1cc(C)cc(C)c1. The van der Waals surface area contributed by atoms with E-state index in [0.29, 0.717) is 13.1 Å². The smallest absolute Gasteiger partial charge is 0.245 e. The van der Waals surface area contributed by atoms with Gasteiger partial charge in [-0.1, -0.05) is 18.2 Å². The third-order valence-electron chi connectivity index (χ3n) is 3.56. The van der Waals surface area contributed by atoms with E-state index in [-0.39, 0.29) is 11.9 Å². The number of aryl methyl sites for hydroxylation is 2. The maximum absolute atomic E-state index is 12.8. The Labute approximate surface area is 142 Å². The Hall–Kier alpha value is -2.07. The van der Waals surface area contributed by atoms with E-state index in [1.807, 2.05) is 23.3 Å². The molecule has 1 aromatic carbocycles. The molecule has 0 spiro atoms. The van der Waals surface area contributed by atoms with Crippen LogP contribution in [-0.4, -0.2) is 23.4 Å². The zero-order valence-electron chi connectivity index (χ0n) is 14.0. The zero-order chi connectivity index (χ0) is 16.8. The average molecular weight is 328 g/mol. The highest BCUT2D eigenvalue weighted by Crippen LogP contribution is 2.17. The predicted octanol–water partition coefficient (Wildman–Crippen LogP) is 4.38. The summed E-state index contributed by atoms with van der Waals surface area (Å²) in [6.45, 7) is 11.0. The number of carbonyl (C=O) groups excluding carboxylic acids is 1. The molecule has 2 aromatic rings. The number of benzene rings is 1. The Morgan fingerprint density at radius 3 is 2.61 bits per heavy atom. The number of hydrogen-bond donors (Lipinski definition) is 1. The predicted molar refractivity (Wildman–Crippen MR) is 98.9 cm³/mol. The number of nitrogens with one attached hydrogen (secondary N) is 1. The third-order valence-corrected chi connectivity index (χ3v) is 4.42. The first kappa shape index (κ1) is 17.3. The Morgan fingerprint density at radius 2 is 2.04 bits per heavy atom. The molecule has 0 aliphatic carbocycles. The van der Waals surface area contributed by atoms with Gasteiger partial charge in [-0.3, -0.25) is 4.79 Å². The number of rotatable bonds is 7. The van der Waals surface area contributed by atoms with Crippen LogP contribution >= 0.6 is 11.3 Å². The van der Waals surface area contributed by atoms with Crippen molar-refractivity contribution >= 4 is 22.9 Å². The van der Waals surface area contributed by atoms with E-state index in [0.717, 1.165) is 5.69 Å². The molecule has 1 aromatic heterocycles. The van der Waals surface area contributed by atoms with Gasteiger partial charge in [0.15, 0.2) is 0 Å². The van der Waals surface area contributed by atoms with Crippen LogP contribution in [0.2, 0.25) is 0 Å². The van der Waals surface area contributed by atoms with Gasteiger partial charge in [-0.25, -0.2) is 0 Å². The van der Waals surface area contributed by atoms with E-state index in [4.69, 9.17) is 0 Å². The second-order valence-electron chi connectivity index (χ2n) is 5.83. The Balaban J connectivity index is 2.07. The molecule has 0 fully saturated rings. The van der Waals surface area contributed by atoms with Crippen molar-refractivity contribution in [3.63, 3.8) is 0 Å². The molecular formula is C19H24N2OS. The van der Waals surface area contributed by atoms with Gasteiger partial charge in [0.25, 0.3) is 0 Å². The fraction of sp³-hybridized carbons (Fsp3) is 0.316. The van der Waals surface area contributed by atoms with Crippen molar-refractivity contribution in [2.24, 2.45) is 0 Å². The van der Waals surface area contributed by atoms with Gasteiger partial charge in [0.2, 0.25) is 5.91 Å². The first-order valence-electron chi connectivity index (χ1n) is 7.76. The summed E-state index contributed by atoms with van der Waals surface area (Å²) >= 11 is 1.67. The molecule has 0 saturated heterocycles. The van der Waals surface area contributed by atoms with Crippen molar-refractivity contribution in [3.8, 4) is 0 Å². The molecule has 0 radical (unpaired) electrons. The highest BCUT2D eigenvalue weighted by atomic mass is 32.1. The molecule has 1 N–H and O–H groups in total. The van der Waals surface area contributed by atoms with E-state index in [1.54, 1.807) is 17.4 Å². The summed E-state index contributed by atoms with van der Waals surface area (Å²) in [5, 5.41) is 5.35. The van der Waals surface area contributed by atoms with E-state index in [1.165, 1.54) is 16.0 Å². The molecular weight excluding hydrogens is 304 g/mol. The van der Waals surface area contributed by atoms with E-state index in [9.17, 15) is 4.79 Å². The van der Waals surface area contributed by atoms with E-state index < -0.39 is 0 Å². The fourth-order valence-electron chi connectivity index (χ4n) is 2.62. The van der Waals surface area contributed by atoms with Crippen LogP contribution in [0.25, 0.3) is 0 Å². The summed E-state index contributed by atoms with van der Waals surface area (Å²) in [5.74, 6) is 0.0810. The van der Waals surface area contributed by atoms with Crippen LogP contribution in [0.5, 0.6) is 0 Å². The van der Waals surface area contributed by atoms with Gasteiger partial charge >= 0.3 is 0 Å². The lowest BCUT2D eigenvalue weighted by atomic mass is 10.1. The van der Waals surface area contributed by atoms with Crippen LogP contribution < -0.4 is 5.32 Å². The summed E-state index contributed by atoms with van der Waals surface area (Å²) in [6.07, 6.45) is 1.77. The van der Waals surface area contributed by atoms with Crippen LogP contribution in [0.15, 0.2) is 48.4 Å². The number of hydrogen-bond acceptors (Lipinski definition) is 3. The Bertz CT molecular complexity index is 644. The van der Waals surface area contributed by atoms with Crippen LogP contribution in [0.1, 0.15) is 22.9 Å². The Kier molecular flexibility index (Phi) is 5.99. The molecule has 0 aliphatic heterocycles. The maximum atomic E-state index is 12.8.